The number of ether oxygens (including phenoxy) is 1. The monoisotopic (exact) mass is 284 g/mol. The number of hydrogen-bond donors (Lipinski definition) is 0. The minimum absolute atomic E-state index is 0.154. The Hall–Kier alpha value is -0.650. The molecular formula is C12H10BrClO. The van der Waals surface area contributed by atoms with E-state index in [1.54, 1.807) is 7.11 Å². The van der Waals surface area contributed by atoms with Crippen LogP contribution in [0.2, 0.25) is 5.02 Å². The van der Waals surface area contributed by atoms with Crippen molar-refractivity contribution in [3.05, 3.63) is 27.2 Å². The molecular weight excluding hydrogens is 275 g/mol. The van der Waals surface area contributed by atoms with Crippen LogP contribution in [0, 0.1) is 12.3 Å². The van der Waals surface area contributed by atoms with Gasteiger partial charge in [-0.05, 0) is 40.9 Å². The molecule has 0 heterocycles. The predicted octanol–water partition coefficient (Wildman–Crippen LogP) is 3.78. The first-order chi connectivity index (χ1) is 7.13. The Morgan fingerprint density at radius 1 is 1.53 bits per heavy atom. The van der Waals surface area contributed by atoms with Crippen LogP contribution in [-0.4, -0.2) is 7.11 Å². The van der Waals surface area contributed by atoms with Gasteiger partial charge in [0.25, 0.3) is 0 Å². The van der Waals surface area contributed by atoms with Crippen molar-refractivity contribution in [3.63, 3.8) is 0 Å². The third-order valence-corrected chi connectivity index (χ3v) is 3.56. The van der Waals surface area contributed by atoms with Crippen molar-refractivity contribution in [2.24, 2.45) is 0 Å². The SMILES string of the molecule is C#CC1(c2cc(Cl)cc(Br)c2OC)CC1. The van der Waals surface area contributed by atoms with Gasteiger partial charge in [-0.2, -0.15) is 0 Å². The van der Waals surface area contributed by atoms with Crippen LogP contribution < -0.4 is 4.74 Å². The average Bonchev–Trinajstić information content (AvgIpc) is 2.97. The molecule has 0 N–H and O–H groups in total. The molecule has 1 aliphatic carbocycles. The molecule has 0 radical (unpaired) electrons. The molecule has 1 aliphatic rings. The molecule has 1 aromatic carbocycles. The van der Waals surface area contributed by atoms with E-state index in [4.69, 9.17) is 22.8 Å². The van der Waals surface area contributed by atoms with Gasteiger partial charge in [-0.15, -0.1) is 6.42 Å². The van der Waals surface area contributed by atoms with E-state index < -0.39 is 0 Å². The molecule has 0 amide bonds. The Bertz CT molecular complexity index is 444. The summed E-state index contributed by atoms with van der Waals surface area (Å²) in [4.78, 5) is 0. The van der Waals surface area contributed by atoms with E-state index in [9.17, 15) is 0 Å². The summed E-state index contributed by atoms with van der Waals surface area (Å²) in [6.45, 7) is 0. The maximum Gasteiger partial charge on any atom is 0.137 e. The molecule has 0 spiro atoms. The van der Waals surface area contributed by atoms with Crippen molar-refractivity contribution in [2.75, 3.05) is 7.11 Å². The van der Waals surface area contributed by atoms with Crippen molar-refractivity contribution < 1.29 is 4.74 Å². The Morgan fingerprint density at radius 2 is 2.20 bits per heavy atom. The van der Waals surface area contributed by atoms with Crippen molar-refractivity contribution >= 4 is 27.5 Å². The van der Waals surface area contributed by atoms with E-state index in [1.807, 2.05) is 12.1 Å². The molecule has 0 aromatic heterocycles. The Morgan fingerprint density at radius 3 is 2.67 bits per heavy atom. The highest BCUT2D eigenvalue weighted by Gasteiger charge is 2.45. The topological polar surface area (TPSA) is 9.23 Å². The maximum absolute atomic E-state index is 6.02. The third kappa shape index (κ3) is 1.75. The Kier molecular flexibility index (Phi) is 2.70. The fourth-order valence-electron chi connectivity index (χ4n) is 1.74. The fraction of sp³-hybridized carbons (Fsp3) is 0.333. The smallest absolute Gasteiger partial charge is 0.137 e. The lowest BCUT2D eigenvalue weighted by molar-refractivity contribution is 0.405. The van der Waals surface area contributed by atoms with E-state index >= 15 is 0 Å². The first-order valence-corrected chi connectivity index (χ1v) is 5.81. The van der Waals surface area contributed by atoms with Gasteiger partial charge in [0.05, 0.1) is 17.0 Å². The van der Waals surface area contributed by atoms with Crippen LogP contribution >= 0.6 is 27.5 Å². The average molecular weight is 286 g/mol. The van der Waals surface area contributed by atoms with E-state index in [1.165, 1.54) is 0 Å². The molecule has 78 valence electrons. The van der Waals surface area contributed by atoms with Gasteiger partial charge in [0, 0.05) is 10.6 Å². The van der Waals surface area contributed by atoms with E-state index in [-0.39, 0.29) is 5.41 Å². The summed E-state index contributed by atoms with van der Waals surface area (Å²) < 4.78 is 6.21. The summed E-state index contributed by atoms with van der Waals surface area (Å²) in [5, 5.41) is 0.680. The molecule has 15 heavy (non-hydrogen) atoms. The van der Waals surface area contributed by atoms with Gasteiger partial charge in [-0.1, -0.05) is 17.5 Å². The normalized spacial score (nSPS) is 16.9. The van der Waals surface area contributed by atoms with Gasteiger partial charge in [-0.25, -0.2) is 0 Å². The van der Waals surface area contributed by atoms with E-state index in [2.05, 4.69) is 21.9 Å². The van der Waals surface area contributed by atoms with Gasteiger partial charge in [0.1, 0.15) is 5.75 Å². The Labute approximate surface area is 103 Å². The van der Waals surface area contributed by atoms with Crippen LogP contribution in [0.25, 0.3) is 0 Å². The van der Waals surface area contributed by atoms with Crippen molar-refractivity contribution in [2.45, 2.75) is 18.3 Å². The van der Waals surface area contributed by atoms with Crippen LogP contribution in [0.1, 0.15) is 18.4 Å². The molecule has 1 nitrogen and oxygen atoms in total. The Balaban J connectivity index is 2.60. The van der Waals surface area contributed by atoms with Crippen molar-refractivity contribution in [1.29, 1.82) is 0 Å². The highest BCUT2D eigenvalue weighted by atomic mass is 79.9. The van der Waals surface area contributed by atoms with Gasteiger partial charge in [-0.3, -0.25) is 0 Å². The van der Waals surface area contributed by atoms with Gasteiger partial charge >= 0.3 is 0 Å². The number of methoxy groups -OCH3 is 1. The van der Waals surface area contributed by atoms with E-state index in [0.717, 1.165) is 28.6 Å². The van der Waals surface area contributed by atoms with Crippen molar-refractivity contribution in [3.8, 4) is 18.1 Å². The summed E-state index contributed by atoms with van der Waals surface area (Å²) >= 11 is 9.45. The zero-order chi connectivity index (χ0) is 11.1. The second kappa shape index (κ2) is 3.73. The largest absolute Gasteiger partial charge is 0.495 e. The van der Waals surface area contributed by atoms with E-state index in [0.29, 0.717) is 5.02 Å². The molecule has 1 fully saturated rings. The molecule has 1 aromatic rings. The number of hydrogen-bond acceptors (Lipinski definition) is 1. The number of rotatable bonds is 2. The summed E-state index contributed by atoms with van der Waals surface area (Å²) in [5.41, 5.74) is 0.866. The number of halogens is 2. The number of benzene rings is 1. The second-order valence-electron chi connectivity index (χ2n) is 3.69. The highest BCUT2D eigenvalue weighted by molar-refractivity contribution is 9.10. The molecule has 0 aliphatic heterocycles. The highest BCUT2D eigenvalue weighted by Crippen LogP contribution is 2.52. The van der Waals surface area contributed by atoms with Gasteiger partial charge in [0.2, 0.25) is 0 Å². The molecule has 1 saturated carbocycles. The summed E-state index contributed by atoms with van der Waals surface area (Å²) in [7, 11) is 1.64. The predicted molar refractivity (Wildman–Crippen MR) is 65.4 cm³/mol. The number of terminal acetylenes is 1. The zero-order valence-corrected chi connectivity index (χ0v) is 10.7. The van der Waals surface area contributed by atoms with Crippen LogP contribution in [-0.2, 0) is 5.41 Å². The zero-order valence-electron chi connectivity index (χ0n) is 8.31. The lowest BCUT2D eigenvalue weighted by Crippen LogP contribution is -2.05. The molecule has 2 rings (SSSR count). The summed E-state index contributed by atoms with van der Waals surface area (Å²) in [6, 6.07) is 3.72. The van der Waals surface area contributed by atoms with Crippen molar-refractivity contribution in [1.82, 2.24) is 0 Å². The molecule has 0 bridgehead atoms. The minimum atomic E-state index is -0.154. The van der Waals surface area contributed by atoms with Gasteiger partial charge < -0.3 is 4.74 Å². The summed E-state index contributed by atoms with van der Waals surface area (Å²) in [5.74, 6) is 3.64. The second-order valence-corrected chi connectivity index (χ2v) is 4.99. The van der Waals surface area contributed by atoms with Crippen LogP contribution in [0.4, 0.5) is 0 Å². The quantitative estimate of drug-likeness (QED) is 0.752. The summed E-state index contributed by atoms with van der Waals surface area (Å²) in [6.07, 6.45) is 7.57. The van der Waals surface area contributed by atoms with Crippen LogP contribution in [0.15, 0.2) is 16.6 Å². The minimum Gasteiger partial charge on any atom is -0.495 e. The molecule has 0 unspecified atom stereocenters. The first-order valence-electron chi connectivity index (χ1n) is 4.64. The first kappa shape index (κ1) is 10.9. The molecule has 3 heteroatoms. The fourth-order valence-corrected chi connectivity index (χ4v) is 2.71. The molecule has 0 atom stereocenters. The molecule has 0 saturated heterocycles. The maximum atomic E-state index is 6.02. The van der Waals surface area contributed by atoms with Crippen LogP contribution in [0.3, 0.4) is 0 Å². The van der Waals surface area contributed by atoms with Gasteiger partial charge in [0.15, 0.2) is 0 Å². The standard InChI is InChI=1S/C12H10BrClO/c1-3-12(4-5-12)9-6-8(14)7-10(13)11(9)15-2/h1,6-7H,4-5H2,2H3. The van der Waals surface area contributed by atoms with Crippen LogP contribution in [0.5, 0.6) is 5.75 Å². The third-order valence-electron chi connectivity index (χ3n) is 2.75. The lowest BCUT2D eigenvalue weighted by Gasteiger charge is -2.15. The lowest BCUT2D eigenvalue weighted by atomic mass is 9.96.